The van der Waals surface area contributed by atoms with Crippen molar-refractivity contribution in [3.63, 3.8) is 0 Å². The summed E-state index contributed by atoms with van der Waals surface area (Å²) in [5.41, 5.74) is 0.572. The summed E-state index contributed by atoms with van der Waals surface area (Å²) in [6.07, 6.45) is 13.9. The van der Waals surface area contributed by atoms with Crippen molar-refractivity contribution >= 4 is 5.91 Å². The first-order valence-corrected chi connectivity index (χ1v) is 16.8. The number of carbonyl (C=O) groups is 1. The van der Waals surface area contributed by atoms with Gasteiger partial charge in [0, 0.05) is 19.5 Å². The van der Waals surface area contributed by atoms with Gasteiger partial charge < -0.3 is 26.2 Å². The van der Waals surface area contributed by atoms with Crippen molar-refractivity contribution in [2.75, 3.05) is 32.7 Å². The molecule has 39 heavy (non-hydrogen) atoms. The summed E-state index contributed by atoms with van der Waals surface area (Å²) in [5.74, 6) is 4.35. The molecule has 5 fully saturated rings. The molecular formula is C33H59N3O3. The number of amides is 1. The molecule has 0 bridgehead atoms. The molecule has 1 heterocycles. The van der Waals surface area contributed by atoms with E-state index in [1.54, 1.807) is 0 Å². The van der Waals surface area contributed by atoms with Crippen LogP contribution in [0.25, 0.3) is 0 Å². The van der Waals surface area contributed by atoms with Crippen LogP contribution in [0.15, 0.2) is 0 Å². The van der Waals surface area contributed by atoms with Crippen LogP contribution in [0.4, 0.5) is 0 Å². The maximum absolute atomic E-state index is 12.6. The van der Waals surface area contributed by atoms with Crippen molar-refractivity contribution < 1.29 is 15.0 Å². The molecule has 1 aliphatic heterocycles. The predicted octanol–water partition coefficient (Wildman–Crippen LogP) is 4.49. The molecular weight excluding hydrogens is 486 g/mol. The first kappa shape index (κ1) is 29.8. The lowest BCUT2D eigenvalue weighted by Gasteiger charge is -2.62. The maximum Gasteiger partial charge on any atom is 0.220 e. The van der Waals surface area contributed by atoms with Gasteiger partial charge in [0.2, 0.25) is 5.91 Å². The molecule has 0 aromatic carbocycles. The minimum absolute atomic E-state index is 0.171. The van der Waals surface area contributed by atoms with Crippen LogP contribution in [-0.2, 0) is 4.79 Å². The van der Waals surface area contributed by atoms with Crippen LogP contribution in [0.1, 0.15) is 104 Å². The third-order valence-electron chi connectivity index (χ3n) is 13.0. The van der Waals surface area contributed by atoms with E-state index in [1.165, 1.54) is 58.0 Å². The average molecular weight is 546 g/mol. The minimum atomic E-state index is -0.212. The molecule has 1 unspecified atom stereocenters. The van der Waals surface area contributed by atoms with Gasteiger partial charge in [-0.1, -0.05) is 20.8 Å². The van der Waals surface area contributed by atoms with E-state index < -0.39 is 0 Å². The lowest BCUT2D eigenvalue weighted by atomic mass is 9.43. The van der Waals surface area contributed by atoms with Crippen LogP contribution in [0.2, 0.25) is 0 Å². The molecule has 6 nitrogen and oxygen atoms in total. The summed E-state index contributed by atoms with van der Waals surface area (Å²) in [6, 6.07) is 0. The van der Waals surface area contributed by atoms with Gasteiger partial charge in [0.25, 0.3) is 0 Å². The number of carbonyl (C=O) groups excluding carboxylic acids is 1. The summed E-state index contributed by atoms with van der Waals surface area (Å²) in [5, 5.41) is 31.9. The minimum Gasteiger partial charge on any atom is -0.393 e. The number of rotatable bonds is 11. The van der Waals surface area contributed by atoms with Crippen LogP contribution < -0.4 is 16.0 Å². The molecule has 11 atom stereocenters. The van der Waals surface area contributed by atoms with Gasteiger partial charge in [0.1, 0.15) is 0 Å². The van der Waals surface area contributed by atoms with E-state index in [2.05, 4.69) is 36.7 Å². The van der Waals surface area contributed by atoms with Gasteiger partial charge in [-0.25, -0.2) is 0 Å². The molecule has 0 aromatic heterocycles. The highest BCUT2D eigenvalue weighted by Crippen LogP contribution is 2.68. The third-order valence-corrected chi connectivity index (χ3v) is 13.0. The zero-order valence-electron chi connectivity index (χ0n) is 25.2. The number of hydrogen-bond acceptors (Lipinski definition) is 5. The molecule has 1 amide bonds. The van der Waals surface area contributed by atoms with Crippen LogP contribution >= 0.6 is 0 Å². The second kappa shape index (κ2) is 12.7. The molecule has 4 saturated carbocycles. The van der Waals surface area contributed by atoms with Gasteiger partial charge in [0.05, 0.1) is 12.2 Å². The molecule has 4 aliphatic carbocycles. The smallest absolute Gasteiger partial charge is 0.220 e. The first-order valence-electron chi connectivity index (χ1n) is 16.8. The summed E-state index contributed by atoms with van der Waals surface area (Å²) < 4.78 is 0. The Morgan fingerprint density at radius 2 is 1.77 bits per heavy atom. The number of nitrogens with one attached hydrogen (secondary N) is 3. The van der Waals surface area contributed by atoms with Gasteiger partial charge in [-0.3, -0.25) is 4.79 Å². The molecule has 6 heteroatoms. The molecule has 5 N–H and O–H groups in total. The van der Waals surface area contributed by atoms with Crippen LogP contribution in [-0.4, -0.2) is 61.1 Å². The Labute approximate surface area is 238 Å². The summed E-state index contributed by atoms with van der Waals surface area (Å²) in [7, 11) is 0. The van der Waals surface area contributed by atoms with Crippen molar-refractivity contribution in [3.8, 4) is 0 Å². The lowest BCUT2D eigenvalue weighted by Crippen LogP contribution is -2.58. The van der Waals surface area contributed by atoms with E-state index in [9.17, 15) is 15.0 Å². The number of hydrogen-bond donors (Lipinski definition) is 5. The Bertz CT molecular complexity index is 818. The van der Waals surface area contributed by atoms with Gasteiger partial charge in [-0.15, -0.1) is 0 Å². The third kappa shape index (κ3) is 6.24. The summed E-state index contributed by atoms with van der Waals surface area (Å²) in [6.45, 7) is 12.4. The van der Waals surface area contributed by atoms with Gasteiger partial charge >= 0.3 is 0 Å². The fourth-order valence-corrected chi connectivity index (χ4v) is 10.7. The van der Waals surface area contributed by atoms with Crippen LogP contribution in [0.5, 0.6) is 0 Å². The number of aliphatic hydroxyl groups excluding tert-OH is 2. The molecule has 5 aliphatic rings. The highest BCUT2D eigenvalue weighted by molar-refractivity contribution is 5.75. The number of fused-ring (bicyclic) bond motifs is 5. The van der Waals surface area contributed by atoms with E-state index >= 15 is 0 Å². The first-order chi connectivity index (χ1) is 18.7. The Hall–Kier alpha value is -0.690. The van der Waals surface area contributed by atoms with E-state index in [1.807, 2.05) is 0 Å². The van der Waals surface area contributed by atoms with Crippen molar-refractivity contribution in [1.82, 2.24) is 16.0 Å². The van der Waals surface area contributed by atoms with Crippen molar-refractivity contribution in [1.29, 1.82) is 0 Å². The second-order valence-electron chi connectivity index (χ2n) is 15.1. The highest BCUT2D eigenvalue weighted by atomic mass is 16.3. The van der Waals surface area contributed by atoms with Crippen molar-refractivity contribution in [2.45, 2.75) is 116 Å². The molecule has 1 saturated heterocycles. The molecule has 0 radical (unpaired) electrons. The summed E-state index contributed by atoms with van der Waals surface area (Å²) >= 11 is 0. The van der Waals surface area contributed by atoms with E-state index in [-0.39, 0.29) is 28.9 Å². The fourth-order valence-electron chi connectivity index (χ4n) is 10.7. The van der Waals surface area contributed by atoms with Gasteiger partial charge in [-0.05, 0) is 149 Å². The van der Waals surface area contributed by atoms with Crippen LogP contribution in [0, 0.1) is 52.3 Å². The average Bonchev–Trinajstić information content (AvgIpc) is 3.55. The van der Waals surface area contributed by atoms with Crippen LogP contribution in [0.3, 0.4) is 0 Å². The second-order valence-corrected chi connectivity index (χ2v) is 15.1. The highest BCUT2D eigenvalue weighted by Gasteiger charge is 2.62. The zero-order valence-corrected chi connectivity index (χ0v) is 25.2. The zero-order chi connectivity index (χ0) is 27.6. The Morgan fingerprint density at radius 1 is 0.974 bits per heavy atom. The molecule has 5 rings (SSSR count). The van der Waals surface area contributed by atoms with Gasteiger partial charge in [0.15, 0.2) is 0 Å². The Kier molecular flexibility index (Phi) is 9.68. The SMILES string of the molecule is C[C@H](CCC(=O)NCCNCCCC1CCNC1)[C@H]1CC[C@H]2[C@@H]3[C@@H](O)C[C@@H]4C[C@H](O)CC[C@]4(C)[C@H]3CC[C@]12C. The fraction of sp³-hybridized carbons (Fsp3) is 0.970. The largest absolute Gasteiger partial charge is 0.393 e. The molecule has 224 valence electrons. The standard InChI is InChI=1S/C33H59N3O3/c1-22(6-9-30(39)36-18-17-34-15-4-5-23-12-16-35-21-23)26-7-8-27-31-28(11-14-33(26,27)3)32(2)13-10-25(37)19-24(32)20-29(31)38/h22-29,31,34-35,37-38H,4-21H2,1-3H3,(H,36,39)/t22-,23?,24+,25-,26-,27+,28+,29+,31+,32+,33-/m1/s1. The maximum atomic E-state index is 12.6. The predicted molar refractivity (Wildman–Crippen MR) is 157 cm³/mol. The van der Waals surface area contributed by atoms with E-state index in [0.717, 1.165) is 57.7 Å². The van der Waals surface area contributed by atoms with E-state index in [4.69, 9.17) is 0 Å². The molecule has 0 spiro atoms. The van der Waals surface area contributed by atoms with E-state index in [0.29, 0.717) is 41.9 Å². The topological polar surface area (TPSA) is 93.6 Å². The monoisotopic (exact) mass is 545 g/mol. The lowest BCUT2D eigenvalue weighted by molar-refractivity contribution is -0.174. The van der Waals surface area contributed by atoms with Crippen molar-refractivity contribution in [2.24, 2.45) is 52.3 Å². The van der Waals surface area contributed by atoms with Gasteiger partial charge in [-0.2, -0.15) is 0 Å². The summed E-state index contributed by atoms with van der Waals surface area (Å²) in [4.78, 5) is 12.6. The molecule has 0 aromatic rings. The number of aliphatic hydroxyl groups is 2. The quantitative estimate of drug-likeness (QED) is 0.247. The Balaban J connectivity index is 1.05. The Morgan fingerprint density at radius 3 is 2.56 bits per heavy atom. The normalized spacial score (nSPS) is 44.3. The van der Waals surface area contributed by atoms with Crippen molar-refractivity contribution in [3.05, 3.63) is 0 Å².